The number of nitrogens with zero attached hydrogens (tertiary/aromatic N) is 2. The molecule has 1 aromatic rings. The van der Waals surface area contributed by atoms with E-state index in [0.29, 0.717) is 30.2 Å². The second kappa shape index (κ2) is 13.1. The summed E-state index contributed by atoms with van der Waals surface area (Å²) in [5.74, 6) is 0.634. The molecule has 1 aliphatic heterocycles. The molecule has 1 saturated carbocycles. The Labute approximate surface area is 210 Å². The molecule has 35 heavy (non-hydrogen) atoms. The molecule has 0 spiro atoms. The van der Waals surface area contributed by atoms with Gasteiger partial charge in [-0.05, 0) is 56.8 Å². The predicted molar refractivity (Wildman–Crippen MR) is 139 cm³/mol. The number of fused-ring (bicyclic) bond motifs is 1. The SMILES string of the molecule is CCCN1C[C@@H](C)[C@H](OC)CN(C)C(=O)c2cc(NC(=O)NC3CCCCC3)ccc2OC[C@H]1C. The van der Waals surface area contributed by atoms with Crippen LogP contribution in [0.1, 0.15) is 69.7 Å². The van der Waals surface area contributed by atoms with Crippen LogP contribution in [0.2, 0.25) is 0 Å². The summed E-state index contributed by atoms with van der Waals surface area (Å²) in [7, 11) is 3.50. The molecule has 3 rings (SSSR count). The van der Waals surface area contributed by atoms with Gasteiger partial charge in [0.05, 0.1) is 11.7 Å². The van der Waals surface area contributed by atoms with Gasteiger partial charge in [-0.25, -0.2) is 4.79 Å². The Bertz CT molecular complexity index is 842. The maximum absolute atomic E-state index is 13.5. The van der Waals surface area contributed by atoms with Crippen LogP contribution in [0.5, 0.6) is 5.75 Å². The van der Waals surface area contributed by atoms with Crippen molar-refractivity contribution in [2.75, 3.05) is 45.7 Å². The number of benzene rings is 1. The number of nitrogens with one attached hydrogen (secondary N) is 2. The van der Waals surface area contributed by atoms with E-state index in [0.717, 1.165) is 45.2 Å². The van der Waals surface area contributed by atoms with Crippen molar-refractivity contribution >= 4 is 17.6 Å². The quantitative estimate of drug-likeness (QED) is 0.644. The van der Waals surface area contributed by atoms with E-state index in [1.54, 1.807) is 37.3 Å². The molecule has 0 radical (unpaired) electrons. The number of rotatable bonds is 5. The van der Waals surface area contributed by atoms with Crippen LogP contribution < -0.4 is 15.4 Å². The van der Waals surface area contributed by atoms with Crippen molar-refractivity contribution in [2.24, 2.45) is 5.92 Å². The monoisotopic (exact) mass is 488 g/mol. The van der Waals surface area contributed by atoms with Crippen molar-refractivity contribution in [2.45, 2.75) is 77.5 Å². The smallest absolute Gasteiger partial charge is 0.319 e. The molecule has 0 aromatic heterocycles. The number of likely N-dealkylation sites (N-methyl/N-ethyl adjacent to an activating group) is 1. The van der Waals surface area contributed by atoms with Gasteiger partial charge in [0.2, 0.25) is 0 Å². The van der Waals surface area contributed by atoms with Crippen LogP contribution >= 0.6 is 0 Å². The molecule has 0 unspecified atom stereocenters. The first-order valence-corrected chi connectivity index (χ1v) is 13.2. The number of amides is 3. The second-order valence-electron chi connectivity index (χ2n) is 10.2. The summed E-state index contributed by atoms with van der Waals surface area (Å²) in [6.45, 7) is 9.33. The Morgan fingerprint density at radius 2 is 1.91 bits per heavy atom. The Kier molecular flexibility index (Phi) is 10.2. The third kappa shape index (κ3) is 7.58. The van der Waals surface area contributed by atoms with Crippen molar-refractivity contribution in [3.05, 3.63) is 23.8 Å². The third-order valence-corrected chi connectivity index (χ3v) is 7.28. The lowest BCUT2D eigenvalue weighted by molar-refractivity contribution is 0.0108. The standard InChI is InChI=1S/C27H44N4O4/c1-6-14-31-16-19(2)25(34-5)17-30(4)26(32)23-15-22(12-13-24(23)35-18-20(31)3)29-27(33)28-21-10-8-7-9-11-21/h12-13,15,19-21,25H,6-11,14,16-18H2,1-5H3,(H2,28,29,33)/t19-,20-,25-/m1/s1. The molecular weight excluding hydrogens is 444 g/mol. The van der Waals surface area contributed by atoms with Gasteiger partial charge in [0.15, 0.2) is 0 Å². The van der Waals surface area contributed by atoms with E-state index in [9.17, 15) is 9.59 Å². The lowest BCUT2D eigenvalue weighted by Gasteiger charge is -2.35. The normalized spacial score (nSPS) is 25.1. The number of methoxy groups -OCH3 is 1. The molecule has 8 nitrogen and oxygen atoms in total. The lowest BCUT2D eigenvalue weighted by Crippen LogP contribution is -2.46. The molecule has 196 valence electrons. The zero-order chi connectivity index (χ0) is 25.4. The number of anilines is 1. The van der Waals surface area contributed by atoms with Gasteiger partial charge >= 0.3 is 6.03 Å². The molecule has 0 bridgehead atoms. The number of ether oxygens (including phenoxy) is 2. The molecule has 3 amide bonds. The van der Waals surface area contributed by atoms with E-state index in [1.165, 1.54) is 6.42 Å². The van der Waals surface area contributed by atoms with Crippen molar-refractivity contribution in [1.82, 2.24) is 15.1 Å². The van der Waals surface area contributed by atoms with Crippen molar-refractivity contribution in [3.8, 4) is 5.75 Å². The van der Waals surface area contributed by atoms with Crippen LogP contribution in [0, 0.1) is 5.92 Å². The minimum absolute atomic E-state index is 0.0816. The molecule has 1 aromatic carbocycles. The van der Waals surface area contributed by atoms with Crippen molar-refractivity contribution in [3.63, 3.8) is 0 Å². The van der Waals surface area contributed by atoms with E-state index < -0.39 is 0 Å². The van der Waals surface area contributed by atoms with Crippen molar-refractivity contribution < 1.29 is 19.1 Å². The van der Waals surface area contributed by atoms with E-state index in [2.05, 4.69) is 36.3 Å². The van der Waals surface area contributed by atoms with Crippen LogP contribution in [0.25, 0.3) is 0 Å². The summed E-state index contributed by atoms with van der Waals surface area (Å²) in [5.41, 5.74) is 1.02. The molecule has 1 aliphatic carbocycles. The molecule has 2 aliphatic rings. The maximum atomic E-state index is 13.5. The molecule has 1 heterocycles. The minimum atomic E-state index is -0.233. The summed E-state index contributed by atoms with van der Waals surface area (Å²) in [4.78, 5) is 30.2. The van der Waals surface area contributed by atoms with Crippen LogP contribution in [0.4, 0.5) is 10.5 Å². The first-order valence-electron chi connectivity index (χ1n) is 13.2. The van der Waals surface area contributed by atoms with Gasteiger partial charge in [0, 0.05) is 45.0 Å². The fraction of sp³-hybridized carbons (Fsp3) is 0.704. The van der Waals surface area contributed by atoms with Crippen LogP contribution in [0.3, 0.4) is 0 Å². The summed E-state index contributed by atoms with van der Waals surface area (Å²) < 4.78 is 12.0. The number of carbonyl (C=O) groups is 2. The van der Waals surface area contributed by atoms with Gasteiger partial charge < -0.3 is 25.0 Å². The second-order valence-corrected chi connectivity index (χ2v) is 10.2. The summed E-state index contributed by atoms with van der Waals surface area (Å²) in [5, 5.41) is 5.98. The van der Waals surface area contributed by atoms with Gasteiger partial charge in [-0.2, -0.15) is 0 Å². The highest BCUT2D eigenvalue weighted by molar-refractivity contribution is 5.99. The minimum Gasteiger partial charge on any atom is -0.491 e. The Morgan fingerprint density at radius 3 is 2.60 bits per heavy atom. The largest absolute Gasteiger partial charge is 0.491 e. The lowest BCUT2D eigenvalue weighted by atomic mass is 9.96. The molecule has 1 fully saturated rings. The summed E-state index contributed by atoms with van der Waals surface area (Å²) in [6, 6.07) is 5.48. The Morgan fingerprint density at radius 1 is 1.17 bits per heavy atom. The van der Waals surface area contributed by atoms with Crippen molar-refractivity contribution in [1.29, 1.82) is 0 Å². The first-order chi connectivity index (χ1) is 16.8. The summed E-state index contributed by atoms with van der Waals surface area (Å²) >= 11 is 0. The predicted octanol–water partition coefficient (Wildman–Crippen LogP) is 4.36. The fourth-order valence-electron chi connectivity index (χ4n) is 5.13. The Hall–Kier alpha value is -2.32. The van der Waals surface area contributed by atoms with Crippen LogP contribution in [0.15, 0.2) is 18.2 Å². The highest BCUT2D eigenvalue weighted by atomic mass is 16.5. The first kappa shape index (κ1) is 27.3. The highest BCUT2D eigenvalue weighted by Gasteiger charge is 2.28. The third-order valence-electron chi connectivity index (χ3n) is 7.28. The van der Waals surface area contributed by atoms with Gasteiger partial charge in [0.1, 0.15) is 12.4 Å². The molecule has 8 heteroatoms. The van der Waals surface area contributed by atoms with Gasteiger partial charge in [0.25, 0.3) is 5.91 Å². The van der Waals surface area contributed by atoms with Gasteiger partial charge in [-0.1, -0.05) is 33.1 Å². The summed E-state index contributed by atoms with van der Waals surface area (Å²) in [6.07, 6.45) is 6.54. The number of carbonyl (C=O) groups excluding carboxylic acids is 2. The van der Waals surface area contributed by atoms with Crippen LogP contribution in [-0.2, 0) is 4.74 Å². The van der Waals surface area contributed by atoms with E-state index in [-0.39, 0.29) is 36.0 Å². The van der Waals surface area contributed by atoms with Crippen LogP contribution in [-0.4, -0.2) is 80.3 Å². The molecule has 3 atom stereocenters. The fourth-order valence-corrected chi connectivity index (χ4v) is 5.13. The molecule has 0 saturated heterocycles. The maximum Gasteiger partial charge on any atom is 0.319 e. The molecule has 2 N–H and O–H groups in total. The number of urea groups is 1. The van der Waals surface area contributed by atoms with E-state index in [4.69, 9.17) is 9.47 Å². The topological polar surface area (TPSA) is 83.1 Å². The highest BCUT2D eigenvalue weighted by Crippen LogP contribution is 2.27. The van der Waals surface area contributed by atoms with E-state index in [1.807, 2.05) is 0 Å². The van der Waals surface area contributed by atoms with Gasteiger partial charge in [-0.15, -0.1) is 0 Å². The average molecular weight is 489 g/mol. The zero-order valence-corrected chi connectivity index (χ0v) is 22.1. The number of hydrogen-bond donors (Lipinski definition) is 2. The zero-order valence-electron chi connectivity index (χ0n) is 22.1. The average Bonchev–Trinajstić information content (AvgIpc) is 2.85. The molecular formula is C27H44N4O4. The van der Waals surface area contributed by atoms with E-state index >= 15 is 0 Å². The number of hydrogen-bond acceptors (Lipinski definition) is 5. The Balaban J connectivity index is 1.82. The van der Waals surface area contributed by atoms with Gasteiger partial charge in [-0.3, -0.25) is 9.69 Å².